The number of pyridine rings is 1. The van der Waals surface area contributed by atoms with E-state index < -0.39 is 0 Å². The first kappa shape index (κ1) is 13.1. The molecule has 4 nitrogen and oxygen atoms in total. The van der Waals surface area contributed by atoms with Gasteiger partial charge in [0.25, 0.3) is 0 Å². The largest absolute Gasteiger partial charge is 0.366 e. The van der Waals surface area contributed by atoms with Crippen LogP contribution in [0.25, 0.3) is 10.9 Å². The molecule has 0 spiro atoms. The van der Waals surface area contributed by atoms with Gasteiger partial charge in [0, 0.05) is 34.7 Å². The molecule has 0 fully saturated rings. The molecule has 0 saturated carbocycles. The lowest BCUT2D eigenvalue weighted by atomic mass is 10.2. The van der Waals surface area contributed by atoms with Crippen molar-refractivity contribution in [3.05, 3.63) is 52.3 Å². The number of benzene rings is 1. The van der Waals surface area contributed by atoms with Crippen LogP contribution in [0.2, 0.25) is 0 Å². The SMILES string of the molecule is Cc1c(CNc2ccc3cc(Br)ccc3n2)cnn1C. The van der Waals surface area contributed by atoms with Crippen molar-refractivity contribution in [1.82, 2.24) is 14.8 Å². The highest BCUT2D eigenvalue weighted by molar-refractivity contribution is 9.10. The van der Waals surface area contributed by atoms with Crippen molar-refractivity contribution >= 4 is 32.7 Å². The average molecular weight is 331 g/mol. The van der Waals surface area contributed by atoms with Crippen LogP contribution in [0.3, 0.4) is 0 Å². The Labute approximate surface area is 126 Å². The van der Waals surface area contributed by atoms with Crippen LogP contribution in [0, 0.1) is 6.92 Å². The van der Waals surface area contributed by atoms with Crippen molar-refractivity contribution in [3.63, 3.8) is 0 Å². The molecule has 102 valence electrons. The molecule has 1 N–H and O–H groups in total. The van der Waals surface area contributed by atoms with Gasteiger partial charge < -0.3 is 5.32 Å². The van der Waals surface area contributed by atoms with Gasteiger partial charge >= 0.3 is 0 Å². The van der Waals surface area contributed by atoms with Crippen LogP contribution in [0.1, 0.15) is 11.3 Å². The predicted octanol–water partition coefficient (Wildman–Crippen LogP) is 3.65. The molecule has 3 rings (SSSR count). The van der Waals surface area contributed by atoms with E-state index in [1.165, 1.54) is 11.3 Å². The van der Waals surface area contributed by atoms with E-state index in [1.807, 2.05) is 36.1 Å². The summed E-state index contributed by atoms with van der Waals surface area (Å²) in [6, 6.07) is 10.2. The number of aromatic nitrogens is 3. The predicted molar refractivity (Wildman–Crippen MR) is 84.7 cm³/mol. The number of anilines is 1. The maximum atomic E-state index is 4.61. The molecule has 0 bridgehead atoms. The van der Waals surface area contributed by atoms with Crippen molar-refractivity contribution in [2.24, 2.45) is 7.05 Å². The molecule has 0 unspecified atom stereocenters. The first-order valence-corrected chi connectivity index (χ1v) is 7.20. The highest BCUT2D eigenvalue weighted by atomic mass is 79.9. The number of halogens is 1. The zero-order valence-corrected chi connectivity index (χ0v) is 13.0. The quantitative estimate of drug-likeness (QED) is 0.797. The lowest BCUT2D eigenvalue weighted by Gasteiger charge is -2.07. The second-order valence-electron chi connectivity index (χ2n) is 4.77. The number of fused-ring (bicyclic) bond motifs is 1. The molecule has 2 aromatic heterocycles. The zero-order valence-electron chi connectivity index (χ0n) is 11.4. The molecule has 0 amide bonds. The Balaban J connectivity index is 1.81. The van der Waals surface area contributed by atoms with E-state index in [0.717, 1.165) is 27.7 Å². The van der Waals surface area contributed by atoms with Gasteiger partial charge in [-0.05, 0) is 37.3 Å². The molecule has 0 atom stereocenters. The Bertz CT molecular complexity index is 764. The van der Waals surface area contributed by atoms with E-state index in [4.69, 9.17) is 0 Å². The van der Waals surface area contributed by atoms with Gasteiger partial charge in [-0.1, -0.05) is 15.9 Å². The van der Waals surface area contributed by atoms with Crippen LogP contribution in [0.5, 0.6) is 0 Å². The van der Waals surface area contributed by atoms with Crippen LogP contribution in [0.4, 0.5) is 5.82 Å². The number of hydrogen-bond acceptors (Lipinski definition) is 3. The Morgan fingerprint density at radius 2 is 2.10 bits per heavy atom. The molecule has 2 heterocycles. The summed E-state index contributed by atoms with van der Waals surface area (Å²) in [5.41, 5.74) is 3.34. The monoisotopic (exact) mass is 330 g/mol. The molecular weight excluding hydrogens is 316 g/mol. The van der Waals surface area contributed by atoms with Gasteiger partial charge in [0.05, 0.1) is 11.7 Å². The highest BCUT2D eigenvalue weighted by Crippen LogP contribution is 2.20. The van der Waals surface area contributed by atoms with Gasteiger partial charge in [0.2, 0.25) is 0 Å². The van der Waals surface area contributed by atoms with E-state index in [2.05, 4.69) is 50.4 Å². The number of hydrogen-bond donors (Lipinski definition) is 1. The Kier molecular flexibility index (Phi) is 3.44. The second-order valence-corrected chi connectivity index (χ2v) is 5.68. The third kappa shape index (κ3) is 2.54. The van der Waals surface area contributed by atoms with E-state index in [-0.39, 0.29) is 0 Å². The van der Waals surface area contributed by atoms with Crippen LogP contribution in [-0.2, 0) is 13.6 Å². The van der Waals surface area contributed by atoms with E-state index in [9.17, 15) is 0 Å². The van der Waals surface area contributed by atoms with Crippen molar-refractivity contribution < 1.29 is 0 Å². The summed E-state index contributed by atoms with van der Waals surface area (Å²) in [5, 5.41) is 8.71. The second kappa shape index (κ2) is 5.25. The first-order valence-electron chi connectivity index (χ1n) is 6.41. The fourth-order valence-electron chi connectivity index (χ4n) is 2.10. The Morgan fingerprint density at radius 1 is 1.25 bits per heavy atom. The van der Waals surface area contributed by atoms with Gasteiger partial charge in [-0.25, -0.2) is 4.98 Å². The van der Waals surface area contributed by atoms with Crippen LogP contribution >= 0.6 is 15.9 Å². The van der Waals surface area contributed by atoms with Gasteiger partial charge in [-0.3, -0.25) is 4.68 Å². The van der Waals surface area contributed by atoms with Crippen LogP contribution in [0.15, 0.2) is 41.0 Å². The maximum Gasteiger partial charge on any atom is 0.126 e. The topological polar surface area (TPSA) is 42.7 Å². The molecule has 1 aromatic carbocycles. The number of rotatable bonds is 3. The normalized spacial score (nSPS) is 10.9. The van der Waals surface area contributed by atoms with Gasteiger partial charge in [-0.15, -0.1) is 0 Å². The molecule has 3 aromatic rings. The fraction of sp³-hybridized carbons (Fsp3) is 0.200. The molecule has 20 heavy (non-hydrogen) atoms. The molecule has 0 radical (unpaired) electrons. The fourth-order valence-corrected chi connectivity index (χ4v) is 2.48. The molecule has 0 aliphatic carbocycles. The van der Waals surface area contributed by atoms with E-state index in [1.54, 1.807) is 0 Å². The summed E-state index contributed by atoms with van der Waals surface area (Å²) in [7, 11) is 1.95. The minimum atomic E-state index is 0.731. The smallest absolute Gasteiger partial charge is 0.126 e. The highest BCUT2D eigenvalue weighted by Gasteiger charge is 2.04. The van der Waals surface area contributed by atoms with Crippen molar-refractivity contribution in [2.75, 3.05) is 5.32 Å². The third-order valence-corrected chi connectivity index (χ3v) is 3.94. The molecule has 0 aliphatic rings. The van der Waals surface area contributed by atoms with Gasteiger partial charge in [0.1, 0.15) is 5.82 Å². The average Bonchev–Trinajstić information content (AvgIpc) is 2.76. The van der Waals surface area contributed by atoms with E-state index in [0.29, 0.717) is 0 Å². The number of aryl methyl sites for hydroxylation is 1. The zero-order chi connectivity index (χ0) is 14.1. The Hall–Kier alpha value is -1.88. The van der Waals surface area contributed by atoms with Crippen molar-refractivity contribution in [2.45, 2.75) is 13.5 Å². The van der Waals surface area contributed by atoms with Crippen LogP contribution in [-0.4, -0.2) is 14.8 Å². The van der Waals surface area contributed by atoms with Gasteiger partial charge in [0.15, 0.2) is 0 Å². The maximum absolute atomic E-state index is 4.61. The van der Waals surface area contributed by atoms with Crippen molar-refractivity contribution in [1.29, 1.82) is 0 Å². The Morgan fingerprint density at radius 3 is 2.85 bits per heavy atom. The van der Waals surface area contributed by atoms with E-state index >= 15 is 0 Å². The summed E-state index contributed by atoms with van der Waals surface area (Å²) in [6.45, 7) is 2.80. The summed E-state index contributed by atoms with van der Waals surface area (Å²) < 4.78 is 2.95. The summed E-state index contributed by atoms with van der Waals surface area (Å²) in [6.07, 6.45) is 1.89. The number of nitrogens with zero attached hydrogens (tertiary/aromatic N) is 3. The minimum Gasteiger partial charge on any atom is -0.366 e. The first-order chi connectivity index (χ1) is 9.63. The molecular formula is C15H15BrN4. The van der Waals surface area contributed by atoms with Crippen LogP contribution < -0.4 is 5.32 Å². The lowest BCUT2D eigenvalue weighted by Crippen LogP contribution is -2.03. The standard InChI is InChI=1S/C15H15BrN4/c1-10-12(9-18-20(10)2)8-17-15-6-3-11-7-13(16)4-5-14(11)19-15/h3-7,9H,8H2,1-2H3,(H,17,19). The summed E-state index contributed by atoms with van der Waals surface area (Å²) >= 11 is 3.47. The minimum absolute atomic E-state index is 0.731. The third-order valence-electron chi connectivity index (χ3n) is 3.45. The van der Waals surface area contributed by atoms with Crippen molar-refractivity contribution in [3.8, 4) is 0 Å². The molecule has 0 aliphatic heterocycles. The number of nitrogens with one attached hydrogen (secondary N) is 1. The molecule has 0 saturated heterocycles. The van der Waals surface area contributed by atoms with Gasteiger partial charge in [-0.2, -0.15) is 5.10 Å². The molecule has 5 heteroatoms. The lowest BCUT2D eigenvalue weighted by molar-refractivity contribution is 0.738. The summed E-state index contributed by atoms with van der Waals surface area (Å²) in [5.74, 6) is 0.878. The summed E-state index contributed by atoms with van der Waals surface area (Å²) in [4.78, 5) is 4.61.